The molecule has 1 aromatic carbocycles. The van der Waals surface area contributed by atoms with Crippen molar-refractivity contribution < 1.29 is 20.1 Å². The Morgan fingerprint density at radius 1 is 1.14 bits per heavy atom. The van der Waals surface area contributed by atoms with Gasteiger partial charge in [-0.3, -0.25) is 0 Å². The number of hydrogen-bond donors (Lipinski definition) is 0. The van der Waals surface area contributed by atoms with Crippen molar-refractivity contribution in [1.29, 1.82) is 1.28 Å². The first-order valence-corrected chi connectivity index (χ1v) is 3.85. The average Bonchev–Trinajstić information content (AvgIpc) is 2.34. The van der Waals surface area contributed by atoms with Crippen molar-refractivity contribution in [3.05, 3.63) is 54.7 Å². The third-order valence-corrected chi connectivity index (χ3v) is 1.65. The molecule has 2 rings (SSSR count). The van der Waals surface area contributed by atoms with Crippen molar-refractivity contribution in [2.24, 2.45) is 0 Å². The van der Waals surface area contributed by atoms with E-state index in [1.807, 2.05) is 42.5 Å². The van der Waals surface area contributed by atoms with Crippen LogP contribution in [0.25, 0.3) is 11.3 Å². The second kappa shape index (κ2) is 6.84. The Morgan fingerprint density at radius 3 is 2.50 bits per heavy atom. The van der Waals surface area contributed by atoms with Crippen molar-refractivity contribution in [1.82, 2.24) is 4.98 Å². The van der Waals surface area contributed by atoms with E-state index in [4.69, 9.17) is 1.28 Å². The Morgan fingerprint density at radius 2 is 1.93 bits per heavy atom. The van der Waals surface area contributed by atoms with Crippen molar-refractivity contribution in [2.75, 3.05) is 0 Å². The number of hydrogen-bond acceptors (Lipinski definition) is 1. The molecular weight excluding hydrogens is 369 g/mol. The molecule has 0 N–H and O–H groups in total. The SMILES string of the molecule is [2H]P.[Ir].[c-]1ccccc1-c1ccccn1. The van der Waals surface area contributed by atoms with Gasteiger partial charge in [0.25, 0.3) is 0 Å². The van der Waals surface area contributed by atoms with E-state index < -0.39 is 0 Å². The molecule has 75 valence electrons. The zero-order chi connectivity index (χ0) is 10.2. The normalized spacial score (nSPS) is 8.79. The van der Waals surface area contributed by atoms with Crippen molar-refractivity contribution in [2.45, 2.75) is 0 Å². The van der Waals surface area contributed by atoms with Crippen LogP contribution in [0.5, 0.6) is 0 Å². The van der Waals surface area contributed by atoms with E-state index in [9.17, 15) is 0 Å². The van der Waals surface area contributed by atoms with Crippen molar-refractivity contribution in [3.63, 3.8) is 0 Å². The van der Waals surface area contributed by atoms with Gasteiger partial charge >= 0.3 is 0 Å². The molecule has 1 heterocycles. The Balaban J connectivity index is 0.000000617. The minimum atomic E-state index is 0. The van der Waals surface area contributed by atoms with Gasteiger partial charge in [-0.15, -0.1) is 35.9 Å². The van der Waals surface area contributed by atoms with Crippen LogP contribution in [0.1, 0.15) is 0 Å². The third-order valence-electron chi connectivity index (χ3n) is 1.65. The average molecular weight is 381 g/mol. The second-order valence-corrected chi connectivity index (χ2v) is 2.49. The van der Waals surface area contributed by atoms with E-state index in [1.165, 1.54) is 0 Å². The van der Waals surface area contributed by atoms with Gasteiger partial charge in [0.05, 0.1) is 1.28 Å². The number of aromatic nitrogens is 1. The van der Waals surface area contributed by atoms with Crippen molar-refractivity contribution >= 4 is 9.84 Å². The van der Waals surface area contributed by atoms with Crippen LogP contribution in [0, 0.1) is 6.07 Å². The van der Waals surface area contributed by atoms with Gasteiger partial charge in [-0.05, 0) is 11.8 Å². The summed E-state index contributed by atoms with van der Waals surface area (Å²) in [6.45, 7) is 0. The maximum Gasteiger partial charge on any atom is 0.0511 e. The number of benzene rings is 1. The van der Waals surface area contributed by atoms with Crippen LogP contribution in [0.2, 0.25) is 0 Å². The number of nitrogens with zero attached hydrogens (tertiary/aromatic N) is 1. The Labute approximate surface area is 102 Å². The molecule has 0 amide bonds. The number of pyridine rings is 1. The summed E-state index contributed by atoms with van der Waals surface area (Å²) in [7, 11) is 1.67. The minimum Gasteiger partial charge on any atom is -0.305 e. The van der Waals surface area contributed by atoms with Crippen LogP contribution in [0.4, 0.5) is 0 Å². The molecule has 1 atom stereocenters. The second-order valence-electron chi connectivity index (χ2n) is 2.49. The van der Waals surface area contributed by atoms with Crippen LogP contribution in [-0.2, 0) is 20.1 Å². The molecule has 3 heteroatoms. The first kappa shape index (κ1) is 11.5. The smallest absolute Gasteiger partial charge is 0.0511 e. The molecule has 0 saturated heterocycles. The van der Waals surface area contributed by atoms with Crippen LogP contribution >= 0.6 is 9.84 Å². The predicted molar refractivity (Wildman–Crippen MR) is 59.6 cm³/mol. The topological polar surface area (TPSA) is 12.9 Å². The van der Waals surface area contributed by atoms with E-state index in [0.29, 0.717) is 0 Å². The first-order chi connectivity index (χ1) is 6.97. The van der Waals surface area contributed by atoms with Gasteiger partial charge in [-0.25, -0.2) is 0 Å². The Kier molecular flexibility index (Phi) is 5.63. The molecule has 0 bridgehead atoms. The van der Waals surface area contributed by atoms with Gasteiger partial charge in [-0.1, -0.05) is 12.1 Å². The molecule has 14 heavy (non-hydrogen) atoms. The van der Waals surface area contributed by atoms with E-state index in [0.717, 1.165) is 11.3 Å². The van der Waals surface area contributed by atoms with Gasteiger partial charge in [-0.2, -0.15) is 9.84 Å². The first-order valence-electron chi connectivity index (χ1n) is 4.43. The summed E-state index contributed by atoms with van der Waals surface area (Å²) in [6.07, 6.45) is 1.79. The fourth-order valence-electron chi connectivity index (χ4n) is 1.07. The molecule has 1 nitrogen and oxygen atoms in total. The molecular formula is C11H11IrNP-. The summed E-state index contributed by atoms with van der Waals surface area (Å²) >= 11 is 0. The van der Waals surface area contributed by atoms with E-state index in [2.05, 4.69) is 11.1 Å². The summed E-state index contributed by atoms with van der Waals surface area (Å²) in [6, 6.07) is 16.8. The van der Waals surface area contributed by atoms with Crippen molar-refractivity contribution in [3.8, 4) is 11.3 Å². The molecule has 1 unspecified atom stereocenters. The molecule has 0 spiro atoms. The molecule has 0 fully saturated rings. The largest absolute Gasteiger partial charge is 0.305 e. The summed E-state index contributed by atoms with van der Waals surface area (Å²) in [5, 5.41) is 0. The van der Waals surface area contributed by atoms with Crippen LogP contribution < -0.4 is 0 Å². The zero-order valence-corrected chi connectivity index (χ0v) is 11.0. The van der Waals surface area contributed by atoms with Gasteiger partial charge in [0, 0.05) is 26.3 Å². The molecule has 1 aromatic heterocycles. The summed E-state index contributed by atoms with van der Waals surface area (Å²) in [5.41, 5.74) is 2.01. The summed E-state index contributed by atoms with van der Waals surface area (Å²) in [5.74, 6) is 0. The predicted octanol–water partition coefficient (Wildman–Crippen LogP) is 2.60. The molecule has 1 radical (unpaired) electrons. The monoisotopic (exact) mass is 382 g/mol. The summed E-state index contributed by atoms with van der Waals surface area (Å²) in [4.78, 5) is 4.22. The molecule has 0 aliphatic rings. The van der Waals surface area contributed by atoms with E-state index in [1.54, 1.807) is 16.0 Å². The third kappa shape index (κ3) is 3.30. The standard InChI is InChI=1S/C11H8N.Ir.H3P/c1-2-6-10(7-3-1)11-8-4-5-9-12-11;;/h1-6,8-9H;;1H3/q-1;;/i;;1D. The van der Waals surface area contributed by atoms with Crippen LogP contribution in [-0.4, -0.2) is 6.26 Å². The molecule has 2 aromatic rings. The van der Waals surface area contributed by atoms with Crippen LogP contribution in [0.3, 0.4) is 0 Å². The fourth-order valence-corrected chi connectivity index (χ4v) is 1.07. The van der Waals surface area contributed by atoms with Crippen LogP contribution in [0.15, 0.2) is 48.7 Å². The molecule has 0 aliphatic carbocycles. The van der Waals surface area contributed by atoms with E-state index >= 15 is 0 Å². The maximum atomic E-state index is 5.67. The van der Waals surface area contributed by atoms with Gasteiger partial charge in [0.15, 0.2) is 0 Å². The van der Waals surface area contributed by atoms with Gasteiger partial charge in [0.1, 0.15) is 0 Å². The Bertz CT molecular complexity index is 318. The van der Waals surface area contributed by atoms with Gasteiger partial charge in [0.2, 0.25) is 0 Å². The molecule has 0 aliphatic heterocycles. The molecule has 0 saturated carbocycles. The van der Waals surface area contributed by atoms with Gasteiger partial charge < -0.3 is 4.98 Å². The Hall–Kier alpha value is -0.551. The number of rotatable bonds is 1. The maximum absolute atomic E-state index is 5.67. The summed E-state index contributed by atoms with van der Waals surface area (Å²) < 4.78 is 5.67. The quantitative estimate of drug-likeness (QED) is 0.547. The zero-order valence-electron chi connectivity index (χ0n) is 8.48. The van der Waals surface area contributed by atoms with E-state index in [-0.39, 0.29) is 20.1 Å². The minimum absolute atomic E-state index is 0. The fraction of sp³-hybridized carbons (Fsp3) is 0.